The van der Waals surface area contributed by atoms with Crippen LogP contribution in [0.2, 0.25) is 0 Å². The molecule has 1 fully saturated rings. The van der Waals surface area contributed by atoms with Gasteiger partial charge in [-0.05, 0) is 37.0 Å². The summed E-state index contributed by atoms with van der Waals surface area (Å²) in [5.74, 6) is 0.913. The van der Waals surface area contributed by atoms with Crippen molar-refractivity contribution >= 4 is 5.91 Å². The standard InChI is InChI=1S/C21H25NO4/c1-25-19-12-6-11-17(20(19)26-2)21(24)22-13-7-10-16(22)14-18(23)15-8-4-3-5-9-15/h3-6,8-9,11-12,16,18,23H,7,10,13-14H2,1-2H3/t16-,18-/m0/s1. The Hall–Kier alpha value is -2.53. The molecule has 1 aliphatic heterocycles. The van der Waals surface area contributed by atoms with Gasteiger partial charge in [0.05, 0.1) is 25.9 Å². The normalized spacial score (nSPS) is 17.8. The Bertz CT molecular complexity index is 747. The topological polar surface area (TPSA) is 59.0 Å². The number of para-hydroxylation sites is 1. The summed E-state index contributed by atoms with van der Waals surface area (Å²) in [7, 11) is 3.09. The van der Waals surface area contributed by atoms with Crippen molar-refractivity contribution < 1.29 is 19.4 Å². The van der Waals surface area contributed by atoms with E-state index in [1.165, 1.54) is 7.11 Å². The Balaban J connectivity index is 1.79. The number of hydrogen-bond acceptors (Lipinski definition) is 4. The van der Waals surface area contributed by atoms with Crippen molar-refractivity contribution in [3.8, 4) is 11.5 Å². The summed E-state index contributed by atoms with van der Waals surface area (Å²) >= 11 is 0. The third-order valence-corrected chi connectivity index (χ3v) is 4.95. The molecular weight excluding hydrogens is 330 g/mol. The molecule has 1 amide bonds. The molecule has 0 aromatic heterocycles. The number of carbonyl (C=O) groups is 1. The number of rotatable bonds is 6. The fourth-order valence-corrected chi connectivity index (χ4v) is 3.63. The first-order valence-corrected chi connectivity index (χ1v) is 8.90. The second kappa shape index (κ2) is 8.23. The van der Waals surface area contributed by atoms with Crippen molar-refractivity contribution in [2.75, 3.05) is 20.8 Å². The molecule has 2 atom stereocenters. The van der Waals surface area contributed by atoms with Gasteiger partial charge in [0, 0.05) is 12.6 Å². The number of likely N-dealkylation sites (tertiary alicyclic amines) is 1. The largest absolute Gasteiger partial charge is 0.493 e. The summed E-state index contributed by atoms with van der Waals surface area (Å²) in [6.07, 6.45) is 1.77. The zero-order chi connectivity index (χ0) is 18.5. The van der Waals surface area contributed by atoms with Crippen molar-refractivity contribution in [1.82, 2.24) is 4.90 Å². The average molecular weight is 355 g/mol. The summed E-state index contributed by atoms with van der Waals surface area (Å²) in [5.41, 5.74) is 1.37. The maximum atomic E-state index is 13.1. The van der Waals surface area contributed by atoms with Crippen molar-refractivity contribution in [2.45, 2.75) is 31.4 Å². The van der Waals surface area contributed by atoms with E-state index < -0.39 is 6.10 Å². The van der Waals surface area contributed by atoms with Gasteiger partial charge in [0.1, 0.15) is 0 Å². The number of amides is 1. The second-order valence-corrected chi connectivity index (χ2v) is 6.50. The van der Waals surface area contributed by atoms with Crippen LogP contribution in [0.1, 0.15) is 41.3 Å². The molecule has 5 nitrogen and oxygen atoms in total. The lowest BCUT2D eigenvalue weighted by Gasteiger charge is -2.27. The lowest BCUT2D eigenvalue weighted by molar-refractivity contribution is 0.0663. The summed E-state index contributed by atoms with van der Waals surface area (Å²) in [5, 5.41) is 10.6. The van der Waals surface area contributed by atoms with Gasteiger partial charge >= 0.3 is 0 Å². The molecule has 3 rings (SSSR count). The van der Waals surface area contributed by atoms with Gasteiger partial charge in [0.25, 0.3) is 5.91 Å². The van der Waals surface area contributed by atoms with Crippen molar-refractivity contribution in [3.63, 3.8) is 0 Å². The Morgan fingerprint density at radius 1 is 1.15 bits per heavy atom. The predicted octanol–water partition coefficient (Wildman–Crippen LogP) is 3.43. The molecule has 0 spiro atoms. The van der Waals surface area contributed by atoms with Crippen molar-refractivity contribution in [3.05, 3.63) is 59.7 Å². The van der Waals surface area contributed by atoms with E-state index in [0.717, 1.165) is 18.4 Å². The van der Waals surface area contributed by atoms with E-state index >= 15 is 0 Å². The van der Waals surface area contributed by atoms with E-state index in [1.54, 1.807) is 25.3 Å². The molecule has 2 aromatic rings. The van der Waals surface area contributed by atoms with Crippen LogP contribution in [0, 0.1) is 0 Å². The van der Waals surface area contributed by atoms with Gasteiger partial charge in [-0.15, -0.1) is 0 Å². The van der Waals surface area contributed by atoms with Gasteiger partial charge in [-0.2, -0.15) is 0 Å². The maximum absolute atomic E-state index is 13.1. The highest BCUT2D eigenvalue weighted by molar-refractivity contribution is 5.98. The van der Waals surface area contributed by atoms with E-state index in [2.05, 4.69) is 0 Å². The number of aliphatic hydroxyl groups excluding tert-OH is 1. The number of ether oxygens (including phenoxy) is 2. The molecule has 26 heavy (non-hydrogen) atoms. The maximum Gasteiger partial charge on any atom is 0.258 e. The van der Waals surface area contributed by atoms with Gasteiger partial charge in [0.2, 0.25) is 0 Å². The zero-order valence-electron chi connectivity index (χ0n) is 15.2. The Morgan fingerprint density at radius 3 is 2.62 bits per heavy atom. The Morgan fingerprint density at radius 2 is 1.92 bits per heavy atom. The number of aliphatic hydroxyl groups is 1. The lowest BCUT2D eigenvalue weighted by Crippen LogP contribution is -2.36. The highest BCUT2D eigenvalue weighted by Crippen LogP contribution is 2.34. The average Bonchev–Trinajstić information content (AvgIpc) is 3.15. The SMILES string of the molecule is COc1cccc(C(=O)N2CCC[C@H]2C[C@H](O)c2ccccc2)c1OC. The van der Waals surface area contributed by atoms with E-state index in [9.17, 15) is 9.90 Å². The zero-order valence-corrected chi connectivity index (χ0v) is 15.2. The van der Waals surface area contributed by atoms with Crippen molar-refractivity contribution in [1.29, 1.82) is 0 Å². The van der Waals surface area contributed by atoms with E-state index in [1.807, 2.05) is 35.2 Å². The molecule has 1 heterocycles. The summed E-state index contributed by atoms with van der Waals surface area (Å²) in [6, 6.07) is 14.9. The number of hydrogen-bond donors (Lipinski definition) is 1. The predicted molar refractivity (Wildman–Crippen MR) is 99.6 cm³/mol. The first kappa shape index (κ1) is 18.3. The van der Waals surface area contributed by atoms with Crippen molar-refractivity contribution in [2.24, 2.45) is 0 Å². The number of carbonyl (C=O) groups excluding carboxylic acids is 1. The first-order chi connectivity index (χ1) is 12.7. The van der Waals surface area contributed by atoms with Crippen LogP contribution in [0.25, 0.3) is 0 Å². The molecule has 138 valence electrons. The molecule has 1 aliphatic rings. The summed E-state index contributed by atoms with van der Waals surface area (Å²) in [6.45, 7) is 0.686. The number of benzene rings is 2. The highest BCUT2D eigenvalue weighted by atomic mass is 16.5. The minimum Gasteiger partial charge on any atom is -0.493 e. The Labute approximate surface area is 154 Å². The quantitative estimate of drug-likeness (QED) is 0.862. The van der Waals surface area contributed by atoms with Crippen LogP contribution in [0.15, 0.2) is 48.5 Å². The second-order valence-electron chi connectivity index (χ2n) is 6.50. The van der Waals surface area contributed by atoms with Gasteiger partial charge in [0.15, 0.2) is 11.5 Å². The highest BCUT2D eigenvalue weighted by Gasteiger charge is 2.33. The van der Waals surface area contributed by atoms with Gasteiger partial charge < -0.3 is 19.5 Å². The Kier molecular flexibility index (Phi) is 5.78. The summed E-state index contributed by atoms with van der Waals surface area (Å²) < 4.78 is 10.7. The van der Waals surface area contributed by atoms with Gasteiger partial charge in [-0.25, -0.2) is 0 Å². The molecule has 0 unspecified atom stereocenters. The molecule has 1 saturated heterocycles. The van der Waals surface area contributed by atoms with E-state index in [4.69, 9.17) is 9.47 Å². The third kappa shape index (κ3) is 3.68. The number of methoxy groups -OCH3 is 2. The van der Waals surface area contributed by atoms with E-state index in [0.29, 0.717) is 30.0 Å². The minimum absolute atomic E-state index is 0.00798. The fraction of sp³-hybridized carbons (Fsp3) is 0.381. The molecule has 2 aromatic carbocycles. The van der Waals surface area contributed by atoms with Crippen LogP contribution in [0.5, 0.6) is 11.5 Å². The minimum atomic E-state index is -0.582. The molecule has 0 bridgehead atoms. The molecular formula is C21H25NO4. The number of nitrogens with zero attached hydrogens (tertiary/aromatic N) is 1. The molecule has 1 N–H and O–H groups in total. The molecule has 0 saturated carbocycles. The monoisotopic (exact) mass is 355 g/mol. The van der Waals surface area contributed by atoms with Crippen LogP contribution in [-0.4, -0.2) is 42.7 Å². The summed E-state index contributed by atoms with van der Waals surface area (Å²) in [4.78, 5) is 15.0. The van der Waals surface area contributed by atoms with Crippen LogP contribution in [-0.2, 0) is 0 Å². The first-order valence-electron chi connectivity index (χ1n) is 8.90. The third-order valence-electron chi connectivity index (χ3n) is 4.95. The molecule has 0 radical (unpaired) electrons. The van der Waals surface area contributed by atoms with Crippen LogP contribution in [0.4, 0.5) is 0 Å². The van der Waals surface area contributed by atoms with Crippen LogP contribution < -0.4 is 9.47 Å². The van der Waals surface area contributed by atoms with Gasteiger partial charge in [-0.3, -0.25) is 4.79 Å². The van der Waals surface area contributed by atoms with Crippen LogP contribution in [0.3, 0.4) is 0 Å². The molecule has 0 aliphatic carbocycles. The molecule has 5 heteroatoms. The lowest BCUT2D eigenvalue weighted by atomic mass is 10.00. The fourth-order valence-electron chi connectivity index (χ4n) is 3.63. The van der Waals surface area contributed by atoms with Gasteiger partial charge in [-0.1, -0.05) is 36.4 Å². The van der Waals surface area contributed by atoms with E-state index in [-0.39, 0.29) is 11.9 Å². The smallest absolute Gasteiger partial charge is 0.258 e. The van der Waals surface area contributed by atoms with Crippen LogP contribution >= 0.6 is 0 Å².